The highest BCUT2D eigenvalue weighted by atomic mass is 19.1. The van der Waals surface area contributed by atoms with Crippen LogP contribution < -0.4 is 5.73 Å². The van der Waals surface area contributed by atoms with E-state index in [-0.39, 0.29) is 11.9 Å². The lowest BCUT2D eigenvalue weighted by Gasteiger charge is -2.36. The Hall–Kier alpha value is -2.32. The zero-order valence-corrected chi connectivity index (χ0v) is 13.4. The second kappa shape index (κ2) is 7.06. The number of primary amides is 1. The Labute approximate surface area is 139 Å². The van der Waals surface area contributed by atoms with Gasteiger partial charge < -0.3 is 10.5 Å². The summed E-state index contributed by atoms with van der Waals surface area (Å²) >= 11 is 0. The number of benzene rings is 1. The number of hydrogen-bond acceptors (Lipinski definition) is 5. The average molecular weight is 333 g/mol. The molecule has 1 amide bonds. The van der Waals surface area contributed by atoms with Crippen LogP contribution in [-0.2, 0) is 16.0 Å². The van der Waals surface area contributed by atoms with Crippen LogP contribution >= 0.6 is 0 Å². The number of nitrogens with zero attached hydrogens (tertiary/aromatic N) is 3. The van der Waals surface area contributed by atoms with Gasteiger partial charge in [-0.2, -0.15) is 5.10 Å². The lowest BCUT2D eigenvalue weighted by Crippen LogP contribution is -2.45. The van der Waals surface area contributed by atoms with Crippen LogP contribution in [0.1, 0.15) is 36.3 Å². The molecule has 128 valence electrons. The number of amides is 1. The van der Waals surface area contributed by atoms with Crippen molar-refractivity contribution in [3.8, 4) is 0 Å². The van der Waals surface area contributed by atoms with Crippen molar-refractivity contribution in [2.24, 2.45) is 5.73 Å². The third-order valence-electron chi connectivity index (χ3n) is 4.09. The van der Waals surface area contributed by atoms with E-state index in [2.05, 4.69) is 15.2 Å². The average Bonchev–Trinajstić information content (AvgIpc) is 3.06. The molecule has 3 N–H and O–H groups in total. The van der Waals surface area contributed by atoms with Crippen molar-refractivity contribution < 1.29 is 13.9 Å². The van der Waals surface area contributed by atoms with Crippen LogP contribution in [0, 0.1) is 5.82 Å². The highest BCUT2D eigenvalue weighted by molar-refractivity contribution is 5.81. The Kier molecular flexibility index (Phi) is 4.86. The van der Waals surface area contributed by atoms with Gasteiger partial charge in [0.15, 0.2) is 5.82 Å². The summed E-state index contributed by atoms with van der Waals surface area (Å²) in [5.74, 6) is 0.524. The number of carbonyl (C=O) groups is 1. The van der Waals surface area contributed by atoms with Crippen LogP contribution in [0.2, 0.25) is 0 Å². The number of rotatable bonds is 5. The molecule has 0 radical (unpaired) electrons. The number of ether oxygens (including phenoxy) is 1. The maximum Gasteiger partial charge on any atom is 0.239 e. The van der Waals surface area contributed by atoms with Crippen molar-refractivity contribution in [3.05, 3.63) is 47.3 Å². The third kappa shape index (κ3) is 3.44. The minimum absolute atomic E-state index is 0.336. The van der Waals surface area contributed by atoms with Crippen LogP contribution in [0.4, 0.5) is 4.39 Å². The molecule has 1 fully saturated rings. The number of morpholine rings is 1. The van der Waals surface area contributed by atoms with Crippen LogP contribution in [0.3, 0.4) is 0 Å². The summed E-state index contributed by atoms with van der Waals surface area (Å²) < 4.78 is 18.9. The maximum atomic E-state index is 13.1. The first-order chi connectivity index (χ1) is 11.6. The number of H-pyrrole nitrogens is 1. The largest absolute Gasteiger partial charge is 0.368 e. The maximum absolute atomic E-state index is 13.1. The number of nitrogens with one attached hydrogen (secondary N) is 1. The van der Waals surface area contributed by atoms with E-state index >= 15 is 0 Å². The van der Waals surface area contributed by atoms with E-state index in [1.807, 2.05) is 11.8 Å². The van der Waals surface area contributed by atoms with Gasteiger partial charge in [0, 0.05) is 19.5 Å². The van der Waals surface area contributed by atoms with E-state index in [0.717, 1.165) is 12.2 Å². The van der Waals surface area contributed by atoms with Gasteiger partial charge in [-0.25, -0.2) is 9.37 Å². The van der Waals surface area contributed by atoms with Crippen molar-refractivity contribution in [2.45, 2.75) is 25.5 Å². The van der Waals surface area contributed by atoms with Gasteiger partial charge in [-0.1, -0.05) is 19.1 Å². The quantitative estimate of drug-likeness (QED) is 0.854. The van der Waals surface area contributed by atoms with Crippen molar-refractivity contribution >= 4 is 5.91 Å². The Balaban J connectivity index is 1.80. The molecule has 2 aromatic rings. The van der Waals surface area contributed by atoms with Gasteiger partial charge in [-0.05, 0) is 17.7 Å². The minimum atomic E-state index is -0.637. The molecule has 0 aliphatic carbocycles. The third-order valence-corrected chi connectivity index (χ3v) is 4.09. The smallest absolute Gasteiger partial charge is 0.239 e. The molecular formula is C16H20FN5O2. The van der Waals surface area contributed by atoms with Gasteiger partial charge in [0.2, 0.25) is 5.91 Å². The predicted octanol–water partition coefficient (Wildman–Crippen LogP) is 1.11. The van der Waals surface area contributed by atoms with Gasteiger partial charge in [-0.15, -0.1) is 0 Å². The molecular weight excluding hydrogens is 313 g/mol. The fourth-order valence-corrected chi connectivity index (χ4v) is 2.87. The Morgan fingerprint density at radius 2 is 2.25 bits per heavy atom. The summed E-state index contributed by atoms with van der Waals surface area (Å²) in [6, 6.07) is 5.17. The van der Waals surface area contributed by atoms with Crippen molar-refractivity contribution in [3.63, 3.8) is 0 Å². The number of nitrogens with two attached hydrogens (primary N) is 1. The molecule has 0 unspecified atom stereocenters. The monoisotopic (exact) mass is 333 g/mol. The molecule has 8 heteroatoms. The zero-order chi connectivity index (χ0) is 17.1. The Morgan fingerprint density at radius 3 is 2.88 bits per heavy atom. The standard InChI is InChI=1S/C16H20FN5O2/c1-2-13-19-16(21-20-13)12-9-22(7-8-24-12)14(15(18)23)10-3-5-11(17)6-4-10/h3-6,12,14H,2,7-9H2,1H3,(H2,18,23)(H,19,20,21)/t12-,14-/m0/s1. The highest BCUT2D eigenvalue weighted by Gasteiger charge is 2.33. The molecule has 7 nitrogen and oxygen atoms in total. The molecule has 0 spiro atoms. The number of aromatic amines is 1. The van der Waals surface area contributed by atoms with E-state index in [0.29, 0.717) is 31.1 Å². The topological polar surface area (TPSA) is 97.1 Å². The molecule has 2 heterocycles. The van der Waals surface area contributed by atoms with Crippen LogP contribution in [0.15, 0.2) is 24.3 Å². The molecule has 1 aliphatic heterocycles. The van der Waals surface area contributed by atoms with Gasteiger partial charge >= 0.3 is 0 Å². The molecule has 24 heavy (non-hydrogen) atoms. The second-order valence-electron chi connectivity index (χ2n) is 5.70. The molecule has 1 aromatic carbocycles. The fourth-order valence-electron chi connectivity index (χ4n) is 2.87. The summed E-state index contributed by atoms with van der Waals surface area (Å²) in [4.78, 5) is 18.3. The molecule has 1 aromatic heterocycles. The van der Waals surface area contributed by atoms with Crippen LogP contribution in [0.25, 0.3) is 0 Å². The Morgan fingerprint density at radius 1 is 1.50 bits per heavy atom. The summed E-state index contributed by atoms with van der Waals surface area (Å²) in [6.07, 6.45) is 0.417. The molecule has 0 bridgehead atoms. The van der Waals surface area contributed by atoms with Crippen LogP contribution in [-0.4, -0.2) is 45.7 Å². The zero-order valence-electron chi connectivity index (χ0n) is 13.4. The number of halogens is 1. The number of hydrogen-bond donors (Lipinski definition) is 2. The van der Waals surface area contributed by atoms with Gasteiger partial charge in [-0.3, -0.25) is 14.8 Å². The van der Waals surface area contributed by atoms with E-state index in [1.165, 1.54) is 12.1 Å². The predicted molar refractivity (Wildman–Crippen MR) is 84.4 cm³/mol. The summed E-state index contributed by atoms with van der Waals surface area (Å²) in [5, 5.41) is 7.04. The molecule has 2 atom stereocenters. The summed E-state index contributed by atoms with van der Waals surface area (Å²) in [7, 11) is 0. The summed E-state index contributed by atoms with van der Waals surface area (Å²) in [5.41, 5.74) is 6.26. The molecule has 1 aliphatic rings. The van der Waals surface area contributed by atoms with E-state index in [4.69, 9.17) is 10.5 Å². The first kappa shape index (κ1) is 16.5. The Bertz CT molecular complexity index is 703. The highest BCUT2D eigenvalue weighted by Crippen LogP contribution is 2.27. The van der Waals surface area contributed by atoms with Crippen molar-refractivity contribution in [1.29, 1.82) is 0 Å². The lowest BCUT2D eigenvalue weighted by atomic mass is 10.0. The number of carbonyl (C=O) groups excluding carboxylic acids is 1. The van der Waals surface area contributed by atoms with Gasteiger partial charge in [0.25, 0.3) is 0 Å². The lowest BCUT2D eigenvalue weighted by molar-refractivity contribution is -0.127. The second-order valence-corrected chi connectivity index (χ2v) is 5.70. The first-order valence-corrected chi connectivity index (χ1v) is 7.90. The fraction of sp³-hybridized carbons (Fsp3) is 0.438. The van der Waals surface area contributed by atoms with E-state index in [9.17, 15) is 9.18 Å². The normalized spacial score (nSPS) is 20.0. The molecule has 0 saturated carbocycles. The summed E-state index contributed by atoms with van der Waals surface area (Å²) in [6.45, 7) is 3.40. The van der Waals surface area contributed by atoms with Crippen molar-refractivity contribution in [2.75, 3.05) is 19.7 Å². The van der Waals surface area contributed by atoms with Crippen molar-refractivity contribution in [1.82, 2.24) is 20.1 Å². The van der Waals surface area contributed by atoms with Gasteiger partial charge in [0.05, 0.1) is 6.61 Å². The number of aryl methyl sites for hydroxylation is 1. The van der Waals surface area contributed by atoms with Crippen LogP contribution in [0.5, 0.6) is 0 Å². The minimum Gasteiger partial charge on any atom is -0.368 e. The molecule has 3 rings (SSSR count). The van der Waals surface area contributed by atoms with E-state index in [1.54, 1.807) is 12.1 Å². The van der Waals surface area contributed by atoms with Gasteiger partial charge in [0.1, 0.15) is 23.8 Å². The number of aromatic nitrogens is 3. The molecule has 1 saturated heterocycles. The SMILES string of the molecule is CCc1nc([C@@H]2CN([C@H](C(N)=O)c3ccc(F)cc3)CCO2)n[nH]1. The first-order valence-electron chi connectivity index (χ1n) is 7.90. The van der Waals surface area contributed by atoms with E-state index < -0.39 is 11.9 Å².